The zero-order valence-electron chi connectivity index (χ0n) is 11.9. The van der Waals surface area contributed by atoms with Crippen molar-refractivity contribution >= 4 is 28.8 Å². The summed E-state index contributed by atoms with van der Waals surface area (Å²) < 4.78 is 0. The van der Waals surface area contributed by atoms with Crippen LogP contribution < -0.4 is 11.1 Å². The molecule has 5 nitrogen and oxygen atoms in total. The van der Waals surface area contributed by atoms with Crippen LogP contribution in [0.4, 0.5) is 5.69 Å². The van der Waals surface area contributed by atoms with Crippen LogP contribution >= 0.6 is 12.2 Å². The van der Waals surface area contributed by atoms with E-state index in [2.05, 4.69) is 10.2 Å². The molecule has 0 aromatic heterocycles. The van der Waals surface area contributed by atoms with Crippen molar-refractivity contribution in [2.45, 2.75) is 25.3 Å². The molecule has 1 aromatic carbocycles. The van der Waals surface area contributed by atoms with E-state index in [9.17, 15) is 9.90 Å². The van der Waals surface area contributed by atoms with Crippen LogP contribution in [-0.2, 0) is 4.79 Å². The second kappa shape index (κ2) is 7.49. The lowest BCUT2D eigenvalue weighted by molar-refractivity contribution is -0.116. The van der Waals surface area contributed by atoms with Crippen LogP contribution in [0.2, 0.25) is 0 Å². The molecule has 1 atom stereocenters. The van der Waals surface area contributed by atoms with E-state index in [1.807, 2.05) is 12.1 Å². The molecule has 1 unspecified atom stereocenters. The number of nitrogens with two attached hydrogens (primary N) is 1. The quantitative estimate of drug-likeness (QED) is 0.686. The van der Waals surface area contributed by atoms with Crippen molar-refractivity contribution in [3.05, 3.63) is 29.8 Å². The first kappa shape index (κ1) is 15.9. The van der Waals surface area contributed by atoms with Crippen LogP contribution in [0.25, 0.3) is 0 Å². The minimum absolute atomic E-state index is 0.0673. The number of nitrogens with one attached hydrogen (secondary N) is 1. The molecule has 1 aliphatic rings. The normalized spacial score (nSPS) is 18.6. The van der Waals surface area contributed by atoms with E-state index in [0.717, 1.165) is 19.4 Å². The van der Waals surface area contributed by atoms with Gasteiger partial charge in [-0.15, -0.1) is 0 Å². The SMILES string of the molecule is NC(=S)c1ccccc1NC(=O)CCN1CCCC1CO. The number of aliphatic hydroxyl groups is 1. The fraction of sp³-hybridized carbons (Fsp3) is 0.467. The molecule has 6 heteroatoms. The van der Waals surface area contributed by atoms with Gasteiger partial charge in [-0.25, -0.2) is 0 Å². The third-order valence-electron chi connectivity index (χ3n) is 3.80. The van der Waals surface area contributed by atoms with Crippen molar-refractivity contribution < 1.29 is 9.90 Å². The molecule has 0 saturated carbocycles. The van der Waals surface area contributed by atoms with Crippen molar-refractivity contribution in [2.24, 2.45) is 5.73 Å². The van der Waals surface area contributed by atoms with Crippen molar-refractivity contribution in [3.8, 4) is 0 Å². The average molecular weight is 307 g/mol. The number of anilines is 1. The van der Waals surface area contributed by atoms with E-state index >= 15 is 0 Å². The van der Waals surface area contributed by atoms with Gasteiger partial charge in [-0.3, -0.25) is 9.69 Å². The first-order valence-electron chi connectivity index (χ1n) is 7.15. The lowest BCUT2D eigenvalue weighted by Gasteiger charge is -2.22. The summed E-state index contributed by atoms with van der Waals surface area (Å²) in [4.78, 5) is 14.5. The minimum Gasteiger partial charge on any atom is -0.395 e. The number of benzene rings is 1. The van der Waals surface area contributed by atoms with Crippen LogP contribution in [0.3, 0.4) is 0 Å². The molecule has 2 rings (SSSR count). The molecule has 1 aliphatic heterocycles. The second-order valence-electron chi connectivity index (χ2n) is 5.22. The third-order valence-corrected chi connectivity index (χ3v) is 4.02. The molecule has 1 amide bonds. The summed E-state index contributed by atoms with van der Waals surface area (Å²) in [7, 11) is 0. The summed E-state index contributed by atoms with van der Waals surface area (Å²) in [5.41, 5.74) is 6.97. The molecule has 0 radical (unpaired) electrons. The second-order valence-corrected chi connectivity index (χ2v) is 5.66. The molecule has 0 aliphatic carbocycles. The Hall–Kier alpha value is -1.50. The Morgan fingerprint density at radius 2 is 2.24 bits per heavy atom. The summed E-state index contributed by atoms with van der Waals surface area (Å²) in [5.74, 6) is -0.0673. The van der Waals surface area contributed by atoms with Crippen LogP contribution in [0.15, 0.2) is 24.3 Å². The van der Waals surface area contributed by atoms with Gasteiger partial charge in [-0.2, -0.15) is 0 Å². The van der Waals surface area contributed by atoms with Gasteiger partial charge < -0.3 is 16.2 Å². The highest BCUT2D eigenvalue weighted by molar-refractivity contribution is 7.80. The number of thiocarbonyl (C=S) groups is 1. The van der Waals surface area contributed by atoms with Gasteiger partial charge in [0.2, 0.25) is 5.91 Å². The molecule has 1 heterocycles. The maximum absolute atomic E-state index is 12.1. The lowest BCUT2D eigenvalue weighted by Crippen LogP contribution is -2.34. The monoisotopic (exact) mass is 307 g/mol. The number of hydrogen-bond acceptors (Lipinski definition) is 4. The number of likely N-dealkylation sites (tertiary alicyclic amines) is 1. The summed E-state index contributed by atoms with van der Waals surface area (Å²) in [6.07, 6.45) is 2.47. The number of amides is 1. The zero-order valence-corrected chi connectivity index (χ0v) is 12.7. The number of rotatable bonds is 6. The average Bonchev–Trinajstić information content (AvgIpc) is 2.93. The molecule has 1 fully saturated rings. The zero-order chi connectivity index (χ0) is 15.2. The summed E-state index contributed by atoms with van der Waals surface area (Å²) in [6.45, 7) is 1.76. The fourth-order valence-electron chi connectivity index (χ4n) is 2.66. The Kier molecular flexibility index (Phi) is 5.67. The first-order chi connectivity index (χ1) is 10.1. The Morgan fingerprint density at radius 3 is 2.95 bits per heavy atom. The maximum Gasteiger partial charge on any atom is 0.225 e. The van der Waals surface area contributed by atoms with E-state index in [1.165, 1.54) is 0 Å². The topological polar surface area (TPSA) is 78.6 Å². The molecular formula is C15H21N3O2S. The van der Waals surface area contributed by atoms with Crippen molar-refractivity contribution in [1.82, 2.24) is 4.90 Å². The van der Waals surface area contributed by atoms with Gasteiger partial charge in [0.05, 0.1) is 12.3 Å². The van der Waals surface area contributed by atoms with Gasteiger partial charge >= 0.3 is 0 Å². The van der Waals surface area contributed by atoms with Gasteiger partial charge in [0.1, 0.15) is 4.99 Å². The predicted molar refractivity (Wildman–Crippen MR) is 87.3 cm³/mol. The Labute approximate surface area is 130 Å². The standard InChI is InChI=1S/C15H21N3O2S/c16-15(21)12-5-1-2-6-13(12)17-14(20)7-9-18-8-3-4-11(18)10-19/h1-2,5-6,11,19H,3-4,7-10H2,(H2,16,21)(H,17,20). The van der Waals surface area contributed by atoms with Crippen molar-refractivity contribution in [3.63, 3.8) is 0 Å². The third kappa shape index (κ3) is 4.23. The molecular weight excluding hydrogens is 286 g/mol. The first-order valence-corrected chi connectivity index (χ1v) is 7.56. The number of para-hydroxylation sites is 1. The van der Waals surface area contributed by atoms with E-state index < -0.39 is 0 Å². The van der Waals surface area contributed by atoms with Gasteiger partial charge in [0, 0.05) is 24.6 Å². The van der Waals surface area contributed by atoms with E-state index in [-0.39, 0.29) is 23.5 Å². The van der Waals surface area contributed by atoms with Gasteiger partial charge in [0.25, 0.3) is 0 Å². The highest BCUT2D eigenvalue weighted by Crippen LogP contribution is 2.18. The van der Waals surface area contributed by atoms with Crippen LogP contribution in [0, 0.1) is 0 Å². The molecule has 0 bridgehead atoms. The number of aliphatic hydroxyl groups excluding tert-OH is 1. The predicted octanol–water partition coefficient (Wildman–Crippen LogP) is 1.11. The van der Waals surface area contributed by atoms with E-state index in [0.29, 0.717) is 24.2 Å². The van der Waals surface area contributed by atoms with Crippen LogP contribution in [0.1, 0.15) is 24.8 Å². The highest BCUT2D eigenvalue weighted by atomic mass is 32.1. The summed E-state index contributed by atoms with van der Waals surface area (Å²) in [6, 6.07) is 7.44. The van der Waals surface area contributed by atoms with E-state index in [1.54, 1.807) is 12.1 Å². The van der Waals surface area contributed by atoms with Crippen LogP contribution in [0.5, 0.6) is 0 Å². The fourth-order valence-corrected chi connectivity index (χ4v) is 2.84. The molecule has 0 spiro atoms. The van der Waals surface area contributed by atoms with Crippen molar-refractivity contribution in [2.75, 3.05) is 25.0 Å². The highest BCUT2D eigenvalue weighted by Gasteiger charge is 2.23. The maximum atomic E-state index is 12.1. The molecule has 1 aromatic rings. The summed E-state index contributed by atoms with van der Waals surface area (Å²) in [5, 5.41) is 12.1. The number of carbonyl (C=O) groups is 1. The Morgan fingerprint density at radius 1 is 1.48 bits per heavy atom. The Balaban J connectivity index is 1.89. The van der Waals surface area contributed by atoms with Gasteiger partial charge in [-0.1, -0.05) is 24.4 Å². The summed E-state index contributed by atoms with van der Waals surface area (Å²) >= 11 is 4.98. The largest absolute Gasteiger partial charge is 0.395 e. The molecule has 4 N–H and O–H groups in total. The van der Waals surface area contributed by atoms with Gasteiger partial charge in [0.15, 0.2) is 0 Å². The minimum atomic E-state index is -0.0673. The van der Waals surface area contributed by atoms with Gasteiger partial charge in [-0.05, 0) is 31.5 Å². The Bertz CT molecular complexity index is 521. The number of carbonyl (C=O) groups excluding carboxylic acids is 1. The smallest absolute Gasteiger partial charge is 0.225 e. The molecule has 21 heavy (non-hydrogen) atoms. The van der Waals surface area contributed by atoms with Crippen LogP contribution in [-0.4, -0.2) is 46.6 Å². The van der Waals surface area contributed by atoms with Crippen molar-refractivity contribution in [1.29, 1.82) is 0 Å². The lowest BCUT2D eigenvalue weighted by atomic mass is 10.1. The molecule has 114 valence electrons. The number of nitrogens with zero attached hydrogens (tertiary/aromatic N) is 1. The number of hydrogen-bond donors (Lipinski definition) is 3. The van der Waals surface area contributed by atoms with E-state index in [4.69, 9.17) is 18.0 Å². The molecule has 1 saturated heterocycles.